The summed E-state index contributed by atoms with van der Waals surface area (Å²) >= 11 is 0. The van der Waals surface area contributed by atoms with Crippen LogP contribution >= 0.6 is 0 Å². The van der Waals surface area contributed by atoms with Gasteiger partial charge in [-0.25, -0.2) is 0 Å². The highest BCUT2D eigenvalue weighted by Crippen LogP contribution is 2.38. The van der Waals surface area contributed by atoms with Crippen LogP contribution < -0.4 is 5.32 Å². The van der Waals surface area contributed by atoms with Crippen LogP contribution in [0, 0.1) is 5.92 Å². The van der Waals surface area contributed by atoms with E-state index in [9.17, 15) is 0 Å². The minimum Gasteiger partial charge on any atom is -0.315 e. The second-order valence-corrected chi connectivity index (χ2v) is 5.55. The Morgan fingerprint density at radius 1 is 1.44 bits per heavy atom. The molecular formula is C14H28N2. The Kier molecular flexibility index (Phi) is 5.00. The van der Waals surface area contributed by atoms with Gasteiger partial charge in [0.1, 0.15) is 0 Å². The minimum atomic E-state index is 0.329. The molecule has 0 aromatic heterocycles. The van der Waals surface area contributed by atoms with Crippen molar-refractivity contribution in [2.24, 2.45) is 5.92 Å². The van der Waals surface area contributed by atoms with Gasteiger partial charge in [0.15, 0.2) is 0 Å². The topological polar surface area (TPSA) is 15.3 Å². The van der Waals surface area contributed by atoms with Gasteiger partial charge in [-0.2, -0.15) is 0 Å². The molecule has 0 aliphatic heterocycles. The van der Waals surface area contributed by atoms with Crippen molar-refractivity contribution in [3.8, 4) is 0 Å². The summed E-state index contributed by atoms with van der Waals surface area (Å²) in [6.45, 7) is 6.27. The van der Waals surface area contributed by atoms with Crippen molar-refractivity contribution in [3.05, 3.63) is 12.7 Å². The van der Waals surface area contributed by atoms with Crippen molar-refractivity contribution in [1.82, 2.24) is 10.2 Å². The summed E-state index contributed by atoms with van der Waals surface area (Å²) < 4.78 is 0. The van der Waals surface area contributed by atoms with Gasteiger partial charge in [0, 0.05) is 11.6 Å². The molecule has 0 amide bonds. The summed E-state index contributed by atoms with van der Waals surface area (Å²) in [5, 5.41) is 3.50. The van der Waals surface area contributed by atoms with Crippen molar-refractivity contribution in [2.75, 3.05) is 21.1 Å². The average Bonchev–Trinajstić information content (AvgIpc) is 2.27. The predicted octanol–water partition coefficient (Wildman–Crippen LogP) is 2.66. The quantitative estimate of drug-likeness (QED) is 0.722. The largest absolute Gasteiger partial charge is 0.315 e. The van der Waals surface area contributed by atoms with E-state index in [1.165, 1.54) is 25.7 Å². The van der Waals surface area contributed by atoms with Crippen LogP contribution in [0.25, 0.3) is 0 Å². The first-order chi connectivity index (χ1) is 7.56. The third-order valence-corrected chi connectivity index (χ3v) is 4.43. The van der Waals surface area contributed by atoms with E-state index in [1.807, 2.05) is 6.08 Å². The molecule has 2 nitrogen and oxygen atoms in total. The zero-order valence-corrected chi connectivity index (χ0v) is 11.4. The van der Waals surface area contributed by atoms with Crippen LogP contribution in [0.4, 0.5) is 0 Å². The molecule has 16 heavy (non-hydrogen) atoms. The molecule has 0 heterocycles. The fraction of sp³-hybridized carbons (Fsp3) is 0.857. The second-order valence-electron chi connectivity index (χ2n) is 5.55. The SMILES string of the molecule is C=CCC(NC)C1(N(C)C)CCC(C)CC1. The average molecular weight is 224 g/mol. The standard InChI is InChI=1S/C14H28N2/c1-6-7-13(15-3)14(16(4)5)10-8-12(2)9-11-14/h6,12-13,15H,1,7-11H2,2-5H3. The summed E-state index contributed by atoms with van der Waals surface area (Å²) in [6.07, 6.45) is 8.43. The van der Waals surface area contributed by atoms with Gasteiger partial charge in [-0.1, -0.05) is 13.0 Å². The minimum absolute atomic E-state index is 0.329. The van der Waals surface area contributed by atoms with E-state index >= 15 is 0 Å². The van der Waals surface area contributed by atoms with E-state index in [-0.39, 0.29) is 0 Å². The molecule has 1 aliphatic carbocycles. The Bertz CT molecular complexity index is 215. The van der Waals surface area contributed by atoms with Crippen molar-refractivity contribution in [2.45, 2.75) is 50.6 Å². The lowest BCUT2D eigenvalue weighted by molar-refractivity contribution is 0.0470. The molecule has 0 saturated heterocycles. The van der Waals surface area contributed by atoms with Crippen LogP contribution in [0.15, 0.2) is 12.7 Å². The third kappa shape index (κ3) is 2.67. The van der Waals surface area contributed by atoms with Gasteiger partial charge in [0.25, 0.3) is 0 Å². The fourth-order valence-electron chi connectivity index (χ4n) is 3.14. The van der Waals surface area contributed by atoms with Crippen LogP contribution in [0.1, 0.15) is 39.0 Å². The maximum atomic E-state index is 3.89. The third-order valence-electron chi connectivity index (χ3n) is 4.43. The molecular weight excluding hydrogens is 196 g/mol. The van der Waals surface area contributed by atoms with Crippen LogP contribution in [-0.4, -0.2) is 37.6 Å². The predicted molar refractivity (Wildman–Crippen MR) is 71.7 cm³/mol. The number of likely N-dealkylation sites (N-methyl/N-ethyl adjacent to an activating group) is 2. The maximum Gasteiger partial charge on any atom is 0.0359 e. The first-order valence-corrected chi connectivity index (χ1v) is 6.52. The molecule has 0 spiro atoms. The van der Waals surface area contributed by atoms with Gasteiger partial charge >= 0.3 is 0 Å². The van der Waals surface area contributed by atoms with Crippen LogP contribution in [0.5, 0.6) is 0 Å². The zero-order chi connectivity index (χ0) is 12.2. The first-order valence-electron chi connectivity index (χ1n) is 6.52. The molecule has 0 aromatic carbocycles. The molecule has 0 radical (unpaired) electrons. The van der Waals surface area contributed by atoms with E-state index in [2.05, 4.69) is 44.9 Å². The van der Waals surface area contributed by atoms with Gasteiger partial charge in [-0.3, -0.25) is 0 Å². The smallest absolute Gasteiger partial charge is 0.0359 e. The van der Waals surface area contributed by atoms with Gasteiger partial charge in [-0.15, -0.1) is 6.58 Å². The zero-order valence-electron chi connectivity index (χ0n) is 11.4. The number of rotatable bonds is 5. The van der Waals surface area contributed by atoms with Gasteiger partial charge in [0.2, 0.25) is 0 Å². The molecule has 1 saturated carbocycles. The van der Waals surface area contributed by atoms with Gasteiger partial charge in [0.05, 0.1) is 0 Å². The van der Waals surface area contributed by atoms with Gasteiger partial charge < -0.3 is 10.2 Å². The number of nitrogens with zero attached hydrogens (tertiary/aromatic N) is 1. The second kappa shape index (κ2) is 5.83. The molecule has 1 atom stereocenters. The molecule has 0 bridgehead atoms. The Labute approximate surface area is 101 Å². The molecule has 1 rings (SSSR count). The summed E-state index contributed by atoms with van der Waals surface area (Å²) in [4.78, 5) is 2.43. The molecule has 2 heteroatoms. The number of nitrogens with one attached hydrogen (secondary N) is 1. The Morgan fingerprint density at radius 2 is 2.00 bits per heavy atom. The Balaban J connectivity index is 2.82. The molecule has 1 unspecified atom stereocenters. The van der Waals surface area contributed by atoms with E-state index < -0.39 is 0 Å². The molecule has 1 aliphatic rings. The van der Waals surface area contributed by atoms with Crippen LogP contribution in [-0.2, 0) is 0 Å². The maximum absolute atomic E-state index is 3.89. The van der Waals surface area contributed by atoms with E-state index in [0.717, 1.165) is 12.3 Å². The highest BCUT2D eigenvalue weighted by atomic mass is 15.2. The first kappa shape index (κ1) is 13.7. The number of hydrogen-bond donors (Lipinski definition) is 1. The summed E-state index contributed by atoms with van der Waals surface area (Å²) in [6, 6.07) is 0.535. The van der Waals surface area contributed by atoms with Crippen molar-refractivity contribution in [3.63, 3.8) is 0 Å². The molecule has 1 N–H and O–H groups in total. The molecule has 1 fully saturated rings. The van der Waals surface area contributed by atoms with E-state index in [4.69, 9.17) is 0 Å². The lowest BCUT2D eigenvalue weighted by Crippen LogP contribution is -2.59. The van der Waals surface area contributed by atoms with Crippen molar-refractivity contribution in [1.29, 1.82) is 0 Å². The molecule has 0 aromatic rings. The van der Waals surface area contributed by atoms with E-state index in [1.54, 1.807) is 0 Å². The monoisotopic (exact) mass is 224 g/mol. The highest BCUT2D eigenvalue weighted by molar-refractivity contribution is 5.02. The number of hydrogen-bond acceptors (Lipinski definition) is 2. The summed E-state index contributed by atoms with van der Waals surface area (Å²) in [5.74, 6) is 0.898. The highest BCUT2D eigenvalue weighted by Gasteiger charge is 2.41. The van der Waals surface area contributed by atoms with Crippen LogP contribution in [0.3, 0.4) is 0 Å². The van der Waals surface area contributed by atoms with Crippen LogP contribution in [0.2, 0.25) is 0 Å². The lowest BCUT2D eigenvalue weighted by Gasteiger charge is -2.49. The molecule has 94 valence electrons. The van der Waals surface area contributed by atoms with Crippen molar-refractivity contribution < 1.29 is 0 Å². The normalized spacial score (nSPS) is 32.7. The Hall–Kier alpha value is -0.340. The van der Waals surface area contributed by atoms with Gasteiger partial charge in [-0.05, 0) is 59.2 Å². The summed E-state index contributed by atoms with van der Waals surface area (Å²) in [5.41, 5.74) is 0.329. The Morgan fingerprint density at radius 3 is 2.38 bits per heavy atom. The van der Waals surface area contributed by atoms with Crippen molar-refractivity contribution >= 4 is 0 Å². The van der Waals surface area contributed by atoms with E-state index in [0.29, 0.717) is 11.6 Å². The fourth-order valence-corrected chi connectivity index (χ4v) is 3.14. The lowest BCUT2D eigenvalue weighted by atomic mass is 9.71. The summed E-state index contributed by atoms with van der Waals surface area (Å²) in [7, 11) is 6.53.